The Hall–Kier alpha value is -0.610. The van der Waals surface area contributed by atoms with E-state index >= 15 is 0 Å². The third-order valence-electron chi connectivity index (χ3n) is 3.67. The van der Waals surface area contributed by atoms with E-state index in [2.05, 4.69) is 12.2 Å². The molecular formula is C11H20N2O2. The number of nitrogens with one attached hydrogen (secondary N) is 1. The van der Waals surface area contributed by atoms with Crippen LogP contribution in [-0.2, 0) is 4.79 Å². The van der Waals surface area contributed by atoms with E-state index in [1.807, 2.05) is 4.90 Å². The molecule has 3 atom stereocenters. The van der Waals surface area contributed by atoms with Crippen molar-refractivity contribution >= 4 is 5.91 Å². The van der Waals surface area contributed by atoms with E-state index in [-0.39, 0.29) is 24.5 Å². The molecule has 2 aliphatic rings. The van der Waals surface area contributed by atoms with Crippen LogP contribution in [0.4, 0.5) is 0 Å². The molecular weight excluding hydrogens is 192 g/mol. The Kier molecular flexibility index (Phi) is 3.26. The number of hydrogen-bond acceptors (Lipinski definition) is 3. The molecule has 0 spiro atoms. The van der Waals surface area contributed by atoms with Crippen molar-refractivity contribution in [2.75, 3.05) is 26.2 Å². The van der Waals surface area contributed by atoms with Crippen molar-refractivity contribution in [3.8, 4) is 0 Å². The van der Waals surface area contributed by atoms with Crippen molar-refractivity contribution in [1.29, 1.82) is 0 Å². The van der Waals surface area contributed by atoms with Crippen LogP contribution in [0.25, 0.3) is 0 Å². The molecule has 0 bridgehead atoms. The number of nitrogens with zero attached hydrogens (tertiary/aromatic N) is 1. The van der Waals surface area contributed by atoms with Crippen LogP contribution in [0.1, 0.15) is 19.8 Å². The molecule has 2 N–H and O–H groups in total. The van der Waals surface area contributed by atoms with Crippen LogP contribution in [0, 0.1) is 11.8 Å². The van der Waals surface area contributed by atoms with Gasteiger partial charge in [-0.15, -0.1) is 0 Å². The van der Waals surface area contributed by atoms with E-state index < -0.39 is 0 Å². The number of aliphatic hydroxyl groups is 1. The van der Waals surface area contributed by atoms with Crippen molar-refractivity contribution in [3.05, 3.63) is 0 Å². The second-order valence-electron chi connectivity index (χ2n) is 4.81. The van der Waals surface area contributed by atoms with E-state index in [0.717, 1.165) is 32.5 Å². The number of carbonyl (C=O) groups is 1. The highest BCUT2D eigenvalue weighted by Gasteiger charge is 2.35. The van der Waals surface area contributed by atoms with Crippen molar-refractivity contribution in [2.45, 2.75) is 25.8 Å². The molecule has 2 aliphatic heterocycles. The summed E-state index contributed by atoms with van der Waals surface area (Å²) >= 11 is 0. The predicted molar refractivity (Wildman–Crippen MR) is 57.3 cm³/mol. The van der Waals surface area contributed by atoms with Crippen LogP contribution >= 0.6 is 0 Å². The van der Waals surface area contributed by atoms with E-state index in [1.165, 1.54) is 0 Å². The molecule has 1 amide bonds. The lowest BCUT2D eigenvalue weighted by Gasteiger charge is -2.20. The maximum atomic E-state index is 12.0. The summed E-state index contributed by atoms with van der Waals surface area (Å²) in [4.78, 5) is 13.9. The molecule has 0 aromatic carbocycles. The smallest absolute Gasteiger partial charge is 0.239 e. The second kappa shape index (κ2) is 4.49. The summed E-state index contributed by atoms with van der Waals surface area (Å²) in [5.74, 6) is 0.936. The minimum absolute atomic E-state index is 0.0367. The van der Waals surface area contributed by atoms with Gasteiger partial charge in [0.15, 0.2) is 0 Å². The lowest BCUT2D eigenvalue weighted by molar-refractivity contribution is -0.132. The molecule has 2 heterocycles. The van der Waals surface area contributed by atoms with Crippen molar-refractivity contribution in [2.24, 2.45) is 11.8 Å². The van der Waals surface area contributed by atoms with Gasteiger partial charge in [0.2, 0.25) is 5.91 Å². The maximum absolute atomic E-state index is 12.0. The minimum Gasteiger partial charge on any atom is -0.396 e. The highest BCUT2D eigenvalue weighted by atomic mass is 16.3. The quantitative estimate of drug-likeness (QED) is 0.668. The Bertz CT molecular complexity index is 239. The van der Waals surface area contributed by atoms with Gasteiger partial charge in [0, 0.05) is 25.6 Å². The molecule has 0 aliphatic carbocycles. The average Bonchev–Trinajstić information content (AvgIpc) is 2.85. The van der Waals surface area contributed by atoms with Gasteiger partial charge in [-0.1, -0.05) is 6.92 Å². The number of aliphatic hydroxyl groups excluding tert-OH is 1. The van der Waals surface area contributed by atoms with Crippen molar-refractivity contribution in [3.63, 3.8) is 0 Å². The zero-order chi connectivity index (χ0) is 10.8. The molecule has 15 heavy (non-hydrogen) atoms. The largest absolute Gasteiger partial charge is 0.396 e. The summed E-state index contributed by atoms with van der Waals surface area (Å²) < 4.78 is 0. The standard InChI is InChI=1S/C11H20N2O2/c1-8-5-13(6-9(8)7-14)11(15)10-3-2-4-12-10/h8-10,12,14H,2-7H2,1H3/t8-,9-,10+/m1/s1. The zero-order valence-electron chi connectivity index (χ0n) is 9.28. The minimum atomic E-state index is 0.0367. The zero-order valence-corrected chi connectivity index (χ0v) is 9.28. The lowest BCUT2D eigenvalue weighted by Crippen LogP contribution is -2.42. The second-order valence-corrected chi connectivity index (χ2v) is 4.81. The van der Waals surface area contributed by atoms with Gasteiger partial charge < -0.3 is 15.3 Å². The fourth-order valence-corrected chi connectivity index (χ4v) is 2.57. The van der Waals surface area contributed by atoms with E-state index in [9.17, 15) is 4.79 Å². The summed E-state index contributed by atoms with van der Waals surface area (Å²) in [5, 5.41) is 12.4. The summed E-state index contributed by atoms with van der Waals surface area (Å²) in [6.45, 7) is 4.80. The van der Waals surface area contributed by atoms with Crippen LogP contribution in [0.5, 0.6) is 0 Å². The monoisotopic (exact) mass is 212 g/mol. The molecule has 86 valence electrons. The van der Waals surface area contributed by atoms with Crippen molar-refractivity contribution < 1.29 is 9.90 Å². The molecule has 2 fully saturated rings. The highest BCUT2D eigenvalue weighted by molar-refractivity contribution is 5.82. The first-order valence-corrected chi connectivity index (χ1v) is 5.85. The topological polar surface area (TPSA) is 52.6 Å². The first-order chi connectivity index (χ1) is 7.22. The normalized spacial score (nSPS) is 36.1. The SMILES string of the molecule is C[C@@H]1CN(C(=O)[C@@H]2CCCN2)C[C@@H]1CO. The van der Waals surface area contributed by atoms with E-state index in [4.69, 9.17) is 5.11 Å². The number of likely N-dealkylation sites (tertiary alicyclic amines) is 1. The third-order valence-corrected chi connectivity index (χ3v) is 3.67. The van der Waals surface area contributed by atoms with Crippen molar-refractivity contribution in [1.82, 2.24) is 10.2 Å². The third kappa shape index (κ3) is 2.16. The average molecular weight is 212 g/mol. The summed E-state index contributed by atoms with van der Waals surface area (Å²) in [6, 6.07) is 0.0367. The van der Waals surface area contributed by atoms with Gasteiger partial charge in [0.25, 0.3) is 0 Å². The predicted octanol–water partition coefficient (Wildman–Crippen LogP) is -0.175. The number of rotatable bonds is 2. The Morgan fingerprint density at radius 2 is 2.33 bits per heavy atom. The van der Waals surface area contributed by atoms with Gasteiger partial charge in [-0.3, -0.25) is 4.79 Å². The first kappa shape index (κ1) is 10.9. The molecule has 0 aromatic rings. The number of amides is 1. The van der Waals surface area contributed by atoms with Crippen LogP contribution in [0.3, 0.4) is 0 Å². The summed E-state index contributed by atoms with van der Waals surface area (Å²) in [6.07, 6.45) is 2.07. The van der Waals surface area contributed by atoms with E-state index in [0.29, 0.717) is 5.92 Å². The van der Waals surface area contributed by atoms with Gasteiger partial charge >= 0.3 is 0 Å². The number of hydrogen-bond donors (Lipinski definition) is 2. The van der Waals surface area contributed by atoms with Gasteiger partial charge in [-0.05, 0) is 25.3 Å². The van der Waals surface area contributed by atoms with Gasteiger partial charge in [0.1, 0.15) is 0 Å². The molecule has 0 aromatic heterocycles. The van der Waals surface area contributed by atoms with E-state index in [1.54, 1.807) is 0 Å². The maximum Gasteiger partial charge on any atom is 0.239 e. The Labute approximate surface area is 90.6 Å². The molecule has 0 radical (unpaired) electrons. The van der Waals surface area contributed by atoms with Gasteiger partial charge in [-0.25, -0.2) is 0 Å². The Morgan fingerprint density at radius 3 is 2.87 bits per heavy atom. The summed E-state index contributed by atoms with van der Waals surface area (Å²) in [5.41, 5.74) is 0. The van der Waals surface area contributed by atoms with Gasteiger partial charge in [0.05, 0.1) is 6.04 Å². The Morgan fingerprint density at radius 1 is 1.53 bits per heavy atom. The fourth-order valence-electron chi connectivity index (χ4n) is 2.57. The first-order valence-electron chi connectivity index (χ1n) is 5.85. The lowest BCUT2D eigenvalue weighted by atomic mass is 10.00. The Balaban J connectivity index is 1.91. The molecule has 0 unspecified atom stereocenters. The van der Waals surface area contributed by atoms with Crippen LogP contribution in [0.15, 0.2) is 0 Å². The molecule has 0 saturated carbocycles. The highest BCUT2D eigenvalue weighted by Crippen LogP contribution is 2.23. The molecule has 2 saturated heterocycles. The molecule has 4 heteroatoms. The van der Waals surface area contributed by atoms with Crippen LogP contribution < -0.4 is 5.32 Å². The van der Waals surface area contributed by atoms with Crippen LogP contribution in [-0.4, -0.2) is 48.2 Å². The van der Waals surface area contributed by atoms with Crippen LogP contribution in [0.2, 0.25) is 0 Å². The van der Waals surface area contributed by atoms with Gasteiger partial charge in [-0.2, -0.15) is 0 Å². The summed E-state index contributed by atoms with van der Waals surface area (Å²) in [7, 11) is 0. The molecule has 2 rings (SSSR count). The fraction of sp³-hybridized carbons (Fsp3) is 0.909. The molecule has 4 nitrogen and oxygen atoms in total. The number of carbonyl (C=O) groups excluding carboxylic acids is 1.